The Bertz CT molecular complexity index is 257. The molecule has 1 aliphatic rings. The van der Waals surface area contributed by atoms with Crippen molar-refractivity contribution >= 4 is 0 Å². The van der Waals surface area contributed by atoms with Crippen LogP contribution in [0.1, 0.15) is 52.9 Å². The fourth-order valence-corrected chi connectivity index (χ4v) is 3.43. The molecular formula is C17H37N3. The Labute approximate surface area is 126 Å². The number of likely N-dealkylation sites (N-methyl/N-ethyl adjacent to an activating group) is 1. The van der Waals surface area contributed by atoms with Gasteiger partial charge in [0.1, 0.15) is 0 Å². The molecule has 2 atom stereocenters. The van der Waals surface area contributed by atoms with Crippen LogP contribution in [0, 0.1) is 11.3 Å². The van der Waals surface area contributed by atoms with Gasteiger partial charge in [-0.3, -0.25) is 0 Å². The summed E-state index contributed by atoms with van der Waals surface area (Å²) in [6.07, 6.45) is 6.53. The van der Waals surface area contributed by atoms with Gasteiger partial charge in [0.2, 0.25) is 0 Å². The average molecular weight is 284 g/mol. The molecule has 0 aliphatic carbocycles. The molecule has 0 amide bonds. The molecule has 1 saturated heterocycles. The molecule has 0 bridgehead atoms. The second kappa shape index (κ2) is 8.35. The zero-order valence-corrected chi connectivity index (χ0v) is 14.5. The molecule has 0 spiro atoms. The van der Waals surface area contributed by atoms with Crippen molar-refractivity contribution in [3.05, 3.63) is 0 Å². The third kappa shape index (κ3) is 6.11. The molecule has 2 unspecified atom stereocenters. The summed E-state index contributed by atoms with van der Waals surface area (Å²) in [6.45, 7) is 11.7. The van der Waals surface area contributed by atoms with Gasteiger partial charge in [-0.15, -0.1) is 0 Å². The second-order valence-electron chi connectivity index (χ2n) is 7.84. The van der Waals surface area contributed by atoms with E-state index in [-0.39, 0.29) is 0 Å². The number of hydrogen-bond donors (Lipinski definition) is 1. The van der Waals surface area contributed by atoms with Crippen LogP contribution in [0.4, 0.5) is 0 Å². The van der Waals surface area contributed by atoms with Crippen molar-refractivity contribution in [2.45, 2.75) is 58.9 Å². The van der Waals surface area contributed by atoms with Gasteiger partial charge in [0.15, 0.2) is 0 Å². The van der Waals surface area contributed by atoms with E-state index in [1.807, 2.05) is 0 Å². The Morgan fingerprint density at radius 3 is 2.50 bits per heavy atom. The molecule has 3 nitrogen and oxygen atoms in total. The highest BCUT2D eigenvalue weighted by Crippen LogP contribution is 2.32. The number of hydrogen-bond acceptors (Lipinski definition) is 3. The molecule has 120 valence electrons. The lowest BCUT2D eigenvalue weighted by atomic mass is 9.76. The van der Waals surface area contributed by atoms with Crippen molar-refractivity contribution < 1.29 is 0 Å². The van der Waals surface area contributed by atoms with Crippen molar-refractivity contribution in [2.75, 3.05) is 40.3 Å². The van der Waals surface area contributed by atoms with Crippen LogP contribution in [0.3, 0.4) is 0 Å². The largest absolute Gasteiger partial charge is 0.330 e. The lowest BCUT2D eigenvalue weighted by Crippen LogP contribution is -2.45. The van der Waals surface area contributed by atoms with E-state index >= 15 is 0 Å². The van der Waals surface area contributed by atoms with E-state index in [0.717, 1.165) is 18.5 Å². The molecular weight excluding hydrogens is 246 g/mol. The van der Waals surface area contributed by atoms with E-state index in [1.54, 1.807) is 0 Å². The van der Waals surface area contributed by atoms with Crippen LogP contribution in [0.15, 0.2) is 0 Å². The molecule has 0 aromatic rings. The Morgan fingerprint density at radius 2 is 1.95 bits per heavy atom. The predicted octanol–water partition coefficient (Wildman–Crippen LogP) is 2.80. The van der Waals surface area contributed by atoms with Crippen LogP contribution in [-0.4, -0.2) is 56.1 Å². The first-order valence-corrected chi connectivity index (χ1v) is 8.43. The first kappa shape index (κ1) is 17.9. The van der Waals surface area contributed by atoms with Crippen molar-refractivity contribution in [1.29, 1.82) is 0 Å². The highest BCUT2D eigenvalue weighted by Gasteiger charge is 2.25. The van der Waals surface area contributed by atoms with E-state index in [9.17, 15) is 0 Å². The molecule has 2 N–H and O–H groups in total. The topological polar surface area (TPSA) is 32.5 Å². The molecule has 20 heavy (non-hydrogen) atoms. The first-order valence-electron chi connectivity index (χ1n) is 8.43. The summed E-state index contributed by atoms with van der Waals surface area (Å²) in [5, 5.41) is 0. The third-order valence-corrected chi connectivity index (χ3v) is 4.98. The maximum absolute atomic E-state index is 5.78. The highest BCUT2D eigenvalue weighted by molar-refractivity contribution is 4.79. The average Bonchev–Trinajstić information content (AvgIpc) is 2.37. The quantitative estimate of drug-likeness (QED) is 0.780. The Kier molecular flexibility index (Phi) is 7.49. The van der Waals surface area contributed by atoms with E-state index < -0.39 is 0 Å². The molecule has 0 radical (unpaired) electrons. The maximum atomic E-state index is 5.78. The fraction of sp³-hybridized carbons (Fsp3) is 1.00. The molecule has 1 aliphatic heterocycles. The summed E-state index contributed by atoms with van der Waals surface area (Å²) in [5.74, 6) is 0.766. The predicted molar refractivity (Wildman–Crippen MR) is 89.0 cm³/mol. The normalized spacial score (nSPS) is 23.2. The fourth-order valence-electron chi connectivity index (χ4n) is 3.43. The van der Waals surface area contributed by atoms with Gasteiger partial charge < -0.3 is 15.5 Å². The zero-order valence-electron chi connectivity index (χ0n) is 14.5. The molecule has 1 heterocycles. The van der Waals surface area contributed by atoms with Gasteiger partial charge in [0, 0.05) is 12.6 Å². The van der Waals surface area contributed by atoms with Gasteiger partial charge in [-0.05, 0) is 77.2 Å². The Hall–Kier alpha value is -0.120. The minimum atomic E-state index is 0.396. The minimum absolute atomic E-state index is 0.396. The number of nitrogens with two attached hydrogens (primary N) is 1. The van der Waals surface area contributed by atoms with Crippen molar-refractivity contribution in [2.24, 2.45) is 17.1 Å². The standard InChI is InChI=1S/C17H37N3/c1-17(2,3)15(10-11-18)8-6-12-20-13-7-9-16(14-20)19(4)5/h15-16H,6-14,18H2,1-5H3. The first-order chi connectivity index (χ1) is 9.34. The van der Waals surface area contributed by atoms with Gasteiger partial charge >= 0.3 is 0 Å². The Balaban J connectivity index is 2.31. The minimum Gasteiger partial charge on any atom is -0.330 e. The van der Waals surface area contributed by atoms with E-state index in [4.69, 9.17) is 5.73 Å². The van der Waals surface area contributed by atoms with E-state index in [0.29, 0.717) is 5.41 Å². The summed E-state index contributed by atoms with van der Waals surface area (Å²) in [7, 11) is 4.43. The number of likely N-dealkylation sites (tertiary alicyclic amines) is 1. The highest BCUT2D eigenvalue weighted by atomic mass is 15.2. The third-order valence-electron chi connectivity index (χ3n) is 4.98. The second-order valence-corrected chi connectivity index (χ2v) is 7.84. The zero-order chi connectivity index (χ0) is 15.2. The Morgan fingerprint density at radius 1 is 1.25 bits per heavy atom. The molecule has 3 heteroatoms. The van der Waals surface area contributed by atoms with E-state index in [2.05, 4.69) is 44.7 Å². The van der Waals surface area contributed by atoms with Crippen molar-refractivity contribution in [3.8, 4) is 0 Å². The van der Waals surface area contributed by atoms with Gasteiger partial charge in [-0.25, -0.2) is 0 Å². The lowest BCUT2D eigenvalue weighted by molar-refractivity contribution is 0.125. The SMILES string of the molecule is CN(C)C1CCCN(CCCC(CCN)C(C)(C)C)C1. The van der Waals surface area contributed by atoms with Crippen LogP contribution in [0.5, 0.6) is 0 Å². The van der Waals surface area contributed by atoms with Gasteiger partial charge in [-0.1, -0.05) is 20.8 Å². The van der Waals surface area contributed by atoms with Crippen LogP contribution in [0.25, 0.3) is 0 Å². The van der Waals surface area contributed by atoms with Gasteiger partial charge in [0.05, 0.1) is 0 Å². The van der Waals surface area contributed by atoms with Crippen molar-refractivity contribution in [3.63, 3.8) is 0 Å². The smallest absolute Gasteiger partial charge is 0.0217 e. The van der Waals surface area contributed by atoms with Crippen LogP contribution in [-0.2, 0) is 0 Å². The van der Waals surface area contributed by atoms with Gasteiger partial charge in [0.25, 0.3) is 0 Å². The number of rotatable bonds is 7. The number of piperidine rings is 1. The summed E-state index contributed by atoms with van der Waals surface area (Å²) >= 11 is 0. The lowest BCUT2D eigenvalue weighted by Gasteiger charge is -2.37. The maximum Gasteiger partial charge on any atom is 0.0217 e. The van der Waals surface area contributed by atoms with Crippen LogP contribution in [0.2, 0.25) is 0 Å². The van der Waals surface area contributed by atoms with Gasteiger partial charge in [-0.2, -0.15) is 0 Å². The summed E-state index contributed by atoms with van der Waals surface area (Å²) in [6, 6.07) is 0.756. The number of nitrogens with zero attached hydrogens (tertiary/aromatic N) is 2. The monoisotopic (exact) mass is 283 g/mol. The molecule has 1 fully saturated rings. The molecule has 0 saturated carbocycles. The van der Waals surface area contributed by atoms with E-state index in [1.165, 1.54) is 51.7 Å². The van der Waals surface area contributed by atoms with Crippen LogP contribution < -0.4 is 5.73 Å². The molecule has 0 aromatic carbocycles. The molecule has 0 aromatic heterocycles. The van der Waals surface area contributed by atoms with Crippen LogP contribution >= 0.6 is 0 Å². The summed E-state index contributed by atoms with van der Waals surface area (Å²) in [5.41, 5.74) is 6.17. The van der Waals surface area contributed by atoms with Crippen molar-refractivity contribution in [1.82, 2.24) is 9.80 Å². The molecule has 1 rings (SSSR count). The summed E-state index contributed by atoms with van der Waals surface area (Å²) < 4.78 is 0. The summed E-state index contributed by atoms with van der Waals surface area (Å²) in [4.78, 5) is 5.05.